The van der Waals surface area contributed by atoms with E-state index >= 15 is 0 Å². The van der Waals surface area contributed by atoms with Gasteiger partial charge in [-0.2, -0.15) is 0 Å². The van der Waals surface area contributed by atoms with Gasteiger partial charge in [-0.25, -0.2) is 17.1 Å². The smallest absolute Gasteiger partial charge is 0.243 e. The van der Waals surface area contributed by atoms with E-state index in [2.05, 4.69) is 0 Å². The van der Waals surface area contributed by atoms with E-state index in [-0.39, 0.29) is 16.5 Å². The normalized spacial score (nSPS) is 12.4. The molecule has 2 N–H and O–H groups in total. The summed E-state index contributed by atoms with van der Waals surface area (Å²) < 4.78 is 38.5. The lowest BCUT2D eigenvalue weighted by Crippen LogP contribution is -2.30. The molecule has 6 heteroatoms. The molecule has 0 bridgehead atoms. The van der Waals surface area contributed by atoms with Gasteiger partial charge in [0.2, 0.25) is 10.0 Å². The second-order valence-electron chi connectivity index (χ2n) is 4.40. The van der Waals surface area contributed by atoms with Crippen molar-refractivity contribution >= 4 is 15.7 Å². The standard InChI is InChI=1S/C11H17FN2O2S/c1-8(2)7-14(3)17(15,16)11-5-9(12)4-10(13)6-11/h4-6,8H,7,13H2,1-3H3. The molecule has 0 saturated carbocycles. The second-order valence-corrected chi connectivity index (χ2v) is 6.44. The number of halogens is 1. The quantitative estimate of drug-likeness (QED) is 0.838. The summed E-state index contributed by atoms with van der Waals surface area (Å²) in [6.07, 6.45) is 0. The molecule has 1 aromatic carbocycles. The molecule has 96 valence electrons. The summed E-state index contributed by atoms with van der Waals surface area (Å²) in [6, 6.07) is 3.32. The molecule has 0 aliphatic rings. The van der Waals surface area contributed by atoms with Crippen molar-refractivity contribution in [3.63, 3.8) is 0 Å². The zero-order chi connectivity index (χ0) is 13.2. The van der Waals surface area contributed by atoms with Crippen LogP contribution >= 0.6 is 0 Å². The summed E-state index contributed by atoms with van der Waals surface area (Å²) in [5.74, 6) is -0.456. The number of hydrogen-bond acceptors (Lipinski definition) is 3. The third kappa shape index (κ3) is 3.41. The number of anilines is 1. The molecule has 1 rings (SSSR count). The molecule has 1 aromatic rings. The number of nitrogens with two attached hydrogens (primary N) is 1. The predicted molar refractivity (Wildman–Crippen MR) is 65.5 cm³/mol. The molecule has 4 nitrogen and oxygen atoms in total. The number of hydrogen-bond donors (Lipinski definition) is 1. The van der Waals surface area contributed by atoms with Crippen molar-refractivity contribution in [3.05, 3.63) is 24.0 Å². The molecule has 0 saturated heterocycles. The van der Waals surface area contributed by atoms with E-state index in [0.717, 1.165) is 12.1 Å². The Labute approximate surface area is 101 Å². The van der Waals surface area contributed by atoms with Crippen LogP contribution in [0.4, 0.5) is 10.1 Å². The van der Waals surface area contributed by atoms with E-state index in [9.17, 15) is 12.8 Å². The van der Waals surface area contributed by atoms with E-state index in [1.807, 2.05) is 13.8 Å². The average molecular weight is 260 g/mol. The summed E-state index contributed by atoms with van der Waals surface area (Å²) in [4.78, 5) is -0.113. The maximum atomic E-state index is 13.1. The Balaban J connectivity index is 3.12. The lowest BCUT2D eigenvalue weighted by molar-refractivity contribution is 0.417. The van der Waals surface area contributed by atoms with Gasteiger partial charge >= 0.3 is 0 Å². The summed E-state index contributed by atoms with van der Waals surface area (Å²) >= 11 is 0. The minimum absolute atomic E-state index is 0.0986. The molecule has 0 aromatic heterocycles. The molecular formula is C11H17FN2O2S. The Morgan fingerprint density at radius 3 is 2.41 bits per heavy atom. The summed E-state index contributed by atoms with van der Waals surface area (Å²) in [6.45, 7) is 4.19. The van der Waals surface area contributed by atoms with E-state index in [0.29, 0.717) is 6.54 Å². The van der Waals surface area contributed by atoms with Crippen molar-refractivity contribution in [1.29, 1.82) is 0 Å². The van der Waals surface area contributed by atoms with Gasteiger partial charge in [-0.1, -0.05) is 13.8 Å². The van der Waals surface area contributed by atoms with E-state index in [4.69, 9.17) is 5.73 Å². The van der Waals surface area contributed by atoms with Crippen LogP contribution in [-0.4, -0.2) is 26.3 Å². The van der Waals surface area contributed by atoms with E-state index in [1.54, 1.807) is 0 Å². The lowest BCUT2D eigenvalue weighted by Gasteiger charge is -2.19. The van der Waals surface area contributed by atoms with Crippen molar-refractivity contribution < 1.29 is 12.8 Å². The van der Waals surface area contributed by atoms with Crippen LogP contribution in [0.1, 0.15) is 13.8 Å². The van der Waals surface area contributed by atoms with Crippen LogP contribution in [0.2, 0.25) is 0 Å². The Morgan fingerprint density at radius 2 is 1.94 bits per heavy atom. The molecule has 0 amide bonds. The Morgan fingerprint density at radius 1 is 1.35 bits per heavy atom. The highest BCUT2D eigenvalue weighted by Gasteiger charge is 2.22. The first kappa shape index (κ1) is 13.9. The van der Waals surface area contributed by atoms with Crippen LogP contribution in [0.15, 0.2) is 23.1 Å². The molecule has 0 fully saturated rings. The molecule has 0 aliphatic heterocycles. The third-order valence-corrected chi connectivity index (χ3v) is 4.03. The van der Waals surface area contributed by atoms with Crippen molar-refractivity contribution in [2.45, 2.75) is 18.7 Å². The highest BCUT2D eigenvalue weighted by molar-refractivity contribution is 7.89. The first-order chi connectivity index (χ1) is 7.73. The Hall–Kier alpha value is -1.14. The van der Waals surface area contributed by atoms with Gasteiger partial charge in [0, 0.05) is 19.3 Å². The van der Waals surface area contributed by atoms with Gasteiger partial charge < -0.3 is 5.73 Å². The number of benzene rings is 1. The molecule has 0 atom stereocenters. The van der Waals surface area contributed by atoms with Gasteiger partial charge in [-0.05, 0) is 24.1 Å². The molecule has 0 heterocycles. The summed E-state index contributed by atoms with van der Waals surface area (Å²) in [5.41, 5.74) is 5.53. The van der Waals surface area contributed by atoms with Crippen molar-refractivity contribution in [1.82, 2.24) is 4.31 Å². The third-order valence-electron chi connectivity index (χ3n) is 2.22. The van der Waals surface area contributed by atoms with E-state index in [1.165, 1.54) is 17.4 Å². The minimum atomic E-state index is -3.67. The topological polar surface area (TPSA) is 63.4 Å². The number of sulfonamides is 1. The fraction of sp³-hybridized carbons (Fsp3) is 0.455. The Bertz CT molecular complexity index is 480. The lowest BCUT2D eigenvalue weighted by atomic mass is 10.2. The zero-order valence-electron chi connectivity index (χ0n) is 10.1. The van der Waals surface area contributed by atoms with Gasteiger partial charge in [-0.3, -0.25) is 0 Å². The monoisotopic (exact) mass is 260 g/mol. The molecular weight excluding hydrogens is 243 g/mol. The molecule has 0 aliphatic carbocycles. The maximum absolute atomic E-state index is 13.1. The average Bonchev–Trinajstić information content (AvgIpc) is 2.14. The maximum Gasteiger partial charge on any atom is 0.243 e. The Kier molecular flexibility index (Phi) is 4.11. The predicted octanol–water partition coefficient (Wildman–Crippen LogP) is 1.68. The van der Waals surface area contributed by atoms with Crippen LogP contribution < -0.4 is 5.73 Å². The van der Waals surface area contributed by atoms with Crippen molar-refractivity contribution in [3.8, 4) is 0 Å². The molecule has 17 heavy (non-hydrogen) atoms. The first-order valence-corrected chi connectivity index (χ1v) is 6.70. The van der Waals surface area contributed by atoms with Crippen LogP contribution in [0.25, 0.3) is 0 Å². The van der Waals surface area contributed by atoms with Gasteiger partial charge in [0.05, 0.1) is 4.90 Å². The number of rotatable bonds is 4. The summed E-state index contributed by atoms with van der Waals surface area (Å²) in [7, 11) is -2.20. The van der Waals surface area contributed by atoms with Crippen LogP contribution in [-0.2, 0) is 10.0 Å². The van der Waals surface area contributed by atoms with Crippen LogP contribution in [0.5, 0.6) is 0 Å². The van der Waals surface area contributed by atoms with Gasteiger partial charge in [0.15, 0.2) is 0 Å². The van der Waals surface area contributed by atoms with Crippen molar-refractivity contribution in [2.24, 2.45) is 5.92 Å². The molecule has 0 unspecified atom stereocenters. The number of nitrogen functional groups attached to an aromatic ring is 1. The van der Waals surface area contributed by atoms with Crippen LogP contribution in [0, 0.1) is 11.7 Å². The van der Waals surface area contributed by atoms with Gasteiger partial charge in [0.1, 0.15) is 5.82 Å². The SMILES string of the molecule is CC(C)CN(C)S(=O)(=O)c1cc(N)cc(F)c1. The van der Waals surface area contributed by atoms with Gasteiger partial charge in [0.25, 0.3) is 0 Å². The second kappa shape index (κ2) is 5.01. The highest BCUT2D eigenvalue weighted by Crippen LogP contribution is 2.19. The minimum Gasteiger partial charge on any atom is -0.399 e. The number of nitrogens with zero attached hydrogens (tertiary/aromatic N) is 1. The van der Waals surface area contributed by atoms with E-state index < -0.39 is 15.8 Å². The summed E-state index contributed by atoms with van der Waals surface area (Å²) in [5, 5.41) is 0. The van der Waals surface area contributed by atoms with Crippen molar-refractivity contribution in [2.75, 3.05) is 19.3 Å². The molecule has 0 radical (unpaired) electrons. The fourth-order valence-corrected chi connectivity index (χ4v) is 2.93. The van der Waals surface area contributed by atoms with Gasteiger partial charge in [-0.15, -0.1) is 0 Å². The molecule has 0 spiro atoms. The largest absolute Gasteiger partial charge is 0.399 e. The fourth-order valence-electron chi connectivity index (χ4n) is 1.53. The van der Waals surface area contributed by atoms with Crippen LogP contribution in [0.3, 0.4) is 0 Å². The zero-order valence-corrected chi connectivity index (χ0v) is 11.0. The highest BCUT2D eigenvalue weighted by atomic mass is 32.2. The first-order valence-electron chi connectivity index (χ1n) is 5.26.